The molecule has 3 rings (SSSR count). The van der Waals surface area contributed by atoms with Crippen molar-refractivity contribution in [1.82, 2.24) is 4.57 Å². The molecule has 4 nitrogen and oxygen atoms in total. The molecule has 19 heavy (non-hydrogen) atoms. The van der Waals surface area contributed by atoms with E-state index in [0.717, 1.165) is 10.9 Å². The van der Waals surface area contributed by atoms with Gasteiger partial charge in [-0.3, -0.25) is 0 Å². The number of nitrogens with zero attached hydrogens (tertiary/aromatic N) is 1. The first-order valence-electron chi connectivity index (χ1n) is 5.68. The van der Waals surface area contributed by atoms with Crippen LogP contribution in [0, 0.1) is 5.82 Å². The molecule has 0 saturated heterocycles. The van der Waals surface area contributed by atoms with E-state index in [1.165, 1.54) is 24.5 Å². The molecule has 0 atom stereocenters. The van der Waals surface area contributed by atoms with Crippen LogP contribution in [-0.4, -0.2) is 15.6 Å². The van der Waals surface area contributed by atoms with Crippen molar-refractivity contribution >= 4 is 16.9 Å². The van der Waals surface area contributed by atoms with Crippen molar-refractivity contribution < 1.29 is 18.7 Å². The van der Waals surface area contributed by atoms with E-state index in [1.807, 2.05) is 10.8 Å². The number of carboxylic acid groups (broad SMARTS) is 1. The number of furan rings is 1. The summed E-state index contributed by atoms with van der Waals surface area (Å²) in [6.45, 7) is 0.405. The van der Waals surface area contributed by atoms with Gasteiger partial charge in [0.15, 0.2) is 0 Å². The van der Waals surface area contributed by atoms with Crippen LogP contribution in [0.2, 0.25) is 0 Å². The monoisotopic (exact) mass is 259 g/mol. The molecule has 0 spiro atoms. The fourth-order valence-electron chi connectivity index (χ4n) is 2.05. The number of fused-ring (bicyclic) bond motifs is 1. The number of aromatic nitrogens is 1. The van der Waals surface area contributed by atoms with Gasteiger partial charge in [-0.15, -0.1) is 0 Å². The smallest absolute Gasteiger partial charge is 0.338 e. The molecular weight excluding hydrogens is 249 g/mol. The Morgan fingerprint density at radius 1 is 1.32 bits per heavy atom. The molecule has 2 heterocycles. The number of halogens is 1. The lowest BCUT2D eigenvalue weighted by Gasteiger charge is -2.02. The molecule has 0 aliphatic rings. The van der Waals surface area contributed by atoms with Gasteiger partial charge >= 0.3 is 5.97 Å². The molecule has 1 aromatic carbocycles. The van der Waals surface area contributed by atoms with E-state index < -0.39 is 5.97 Å². The molecule has 0 saturated carbocycles. The molecule has 0 unspecified atom stereocenters. The highest BCUT2D eigenvalue weighted by atomic mass is 19.1. The van der Waals surface area contributed by atoms with Gasteiger partial charge in [-0.05, 0) is 30.3 Å². The molecule has 0 aliphatic carbocycles. The maximum absolute atomic E-state index is 13.1. The first-order valence-corrected chi connectivity index (χ1v) is 5.68. The molecule has 0 fully saturated rings. The van der Waals surface area contributed by atoms with Crippen molar-refractivity contribution in [3.63, 3.8) is 0 Å². The van der Waals surface area contributed by atoms with Gasteiger partial charge in [0.2, 0.25) is 0 Å². The summed E-state index contributed by atoms with van der Waals surface area (Å²) in [5.74, 6) is -0.759. The van der Waals surface area contributed by atoms with E-state index in [4.69, 9.17) is 9.52 Å². The Hall–Kier alpha value is -2.56. The summed E-state index contributed by atoms with van der Waals surface area (Å²) in [6, 6.07) is 7.82. The molecule has 0 aliphatic heterocycles. The van der Waals surface area contributed by atoms with Crippen molar-refractivity contribution in [2.24, 2.45) is 0 Å². The van der Waals surface area contributed by atoms with Crippen LogP contribution >= 0.6 is 0 Å². The number of carboxylic acids is 1. The second-order valence-corrected chi connectivity index (χ2v) is 4.25. The van der Waals surface area contributed by atoms with Crippen LogP contribution in [0.5, 0.6) is 0 Å². The summed E-state index contributed by atoms with van der Waals surface area (Å²) in [7, 11) is 0. The molecule has 2 aromatic heterocycles. The first-order chi connectivity index (χ1) is 9.13. The third-order valence-corrected chi connectivity index (χ3v) is 2.96. The van der Waals surface area contributed by atoms with Gasteiger partial charge < -0.3 is 14.1 Å². The average Bonchev–Trinajstić information content (AvgIpc) is 2.97. The number of hydrogen-bond acceptors (Lipinski definition) is 2. The van der Waals surface area contributed by atoms with Crippen molar-refractivity contribution in [2.45, 2.75) is 6.54 Å². The van der Waals surface area contributed by atoms with Crippen LogP contribution < -0.4 is 0 Å². The minimum atomic E-state index is -1.02. The van der Waals surface area contributed by atoms with E-state index >= 15 is 0 Å². The van der Waals surface area contributed by atoms with E-state index in [2.05, 4.69) is 0 Å². The normalized spacial score (nSPS) is 11.0. The maximum Gasteiger partial charge on any atom is 0.338 e. The van der Waals surface area contributed by atoms with Crippen molar-refractivity contribution in [2.75, 3.05) is 0 Å². The first kappa shape index (κ1) is 11.5. The SMILES string of the molecule is O=C(O)c1coc(Cn2ccc3cc(F)ccc32)c1. The van der Waals surface area contributed by atoms with Gasteiger partial charge in [0.05, 0.1) is 12.1 Å². The summed E-state index contributed by atoms with van der Waals surface area (Å²) in [5.41, 5.74) is 0.993. The van der Waals surface area contributed by atoms with Gasteiger partial charge in [0.25, 0.3) is 0 Å². The Bertz CT molecular complexity index is 757. The molecule has 1 N–H and O–H groups in total. The lowest BCUT2D eigenvalue weighted by Crippen LogP contribution is -1.97. The van der Waals surface area contributed by atoms with Crippen LogP contribution in [-0.2, 0) is 6.54 Å². The highest BCUT2D eigenvalue weighted by molar-refractivity contribution is 5.87. The Labute approximate surface area is 107 Å². The van der Waals surface area contributed by atoms with E-state index in [0.29, 0.717) is 12.3 Å². The number of hydrogen-bond donors (Lipinski definition) is 1. The van der Waals surface area contributed by atoms with Crippen molar-refractivity contribution in [3.05, 3.63) is 59.9 Å². The van der Waals surface area contributed by atoms with Crippen LogP contribution in [0.4, 0.5) is 4.39 Å². The fourth-order valence-corrected chi connectivity index (χ4v) is 2.05. The highest BCUT2D eigenvalue weighted by Gasteiger charge is 2.09. The largest absolute Gasteiger partial charge is 0.478 e. The lowest BCUT2D eigenvalue weighted by molar-refractivity contribution is 0.0696. The van der Waals surface area contributed by atoms with Crippen LogP contribution in [0.15, 0.2) is 47.2 Å². The fraction of sp³-hybridized carbons (Fsp3) is 0.0714. The zero-order valence-corrected chi connectivity index (χ0v) is 9.84. The third kappa shape index (κ3) is 2.10. The average molecular weight is 259 g/mol. The lowest BCUT2D eigenvalue weighted by atomic mass is 10.2. The molecule has 0 bridgehead atoms. The van der Waals surface area contributed by atoms with Gasteiger partial charge in [0, 0.05) is 17.1 Å². The maximum atomic E-state index is 13.1. The number of carbonyl (C=O) groups is 1. The molecule has 0 amide bonds. The molecule has 5 heteroatoms. The summed E-state index contributed by atoms with van der Waals surface area (Å²) < 4.78 is 20.1. The third-order valence-electron chi connectivity index (χ3n) is 2.96. The van der Waals surface area contributed by atoms with Gasteiger partial charge in [-0.25, -0.2) is 9.18 Å². The van der Waals surface area contributed by atoms with E-state index in [9.17, 15) is 9.18 Å². The Balaban J connectivity index is 1.94. The summed E-state index contributed by atoms with van der Waals surface area (Å²) in [6.07, 6.45) is 3.02. The Morgan fingerprint density at radius 3 is 2.89 bits per heavy atom. The Kier molecular flexibility index (Phi) is 2.59. The standard InChI is InChI=1S/C14H10FNO3/c15-11-1-2-13-9(5-11)3-4-16(13)7-12-6-10(8-19-12)14(17)18/h1-6,8H,7H2,(H,17,18). The molecule has 96 valence electrons. The minimum absolute atomic E-state index is 0.123. The summed E-state index contributed by atoms with van der Waals surface area (Å²) >= 11 is 0. The van der Waals surface area contributed by atoms with Crippen LogP contribution in [0.25, 0.3) is 10.9 Å². The minimum Gasteiger partial charge on any atom is -0.478 e. The summed E-state index contributed by atoms with van der Waals surface area (Å²) in [5, 5.41) is 9.61. The topological polar surface area (TPSA) is 55.4 Å². The summed E-state index contributed by atoms with van der Waals surface area (Å²) in [4.78, 5) is 10.8. The van der Waals surface area contributed by atoms with Crippen LogP contribution in [0.1, 0.15) is 16.1 Å². The molecule has 3 aromatic rings. The van der Waals surface area contributed by atoms with E-state index in [1.54, 1.807) is 12.1 Å². The van der Waals surface area contributed by atoms with Gasteiger partial charge in [-0.2, -0.15) is 0 Å². The zero-order valence-electron chi connectivity index (χ0n) is 9.84. The molecular formula is C14H10FNO3. The second-order valence-electron chi connectivity index (χ2n) is 4.25. The zero-order chi connectivity index (χ0) is 13.4. The van der Waals surface area contributed by atoms with E-state index in [-0.39, 0.29) is 11.4 Å². The predicted octanol–water partition coefficient (Wildman–Crippen LogP) is 3.12. The van der Waals surface area contributed by atoms with Gasteiger partial charge in [-0.1, -0.05) is 0 Å². The van der Waals surface area contributed by atoms with Crippen LogP contribution in [0.3, 0.4) is 0 Å². The number of benzene rings is 1. The second kappa shape index (κ2) is 4.28. The van der Waals surface area contributed by atoms with Crippen molar-refractivity contribution in [1.29, 1.82) is 0 Å². The highest BCUT2D eigenvalue weighted by Crippen LogP contribution is 2.19. The van der Waals surface area contributed by atoms with Crippen molar-refractivity contribution in [3.8, 4) is 0 Å². The number of aromatic carboxylic acids is 1. The van der Waals surface area contributed by atoms with Gasteiger partial charge in [0.1, 0.15) is 17.8 Å². The number of rotatable bonds is 3. The quantitative estimate of drug-likeness (QED) is 0.786. The Morgan fingerprint density at radius 2 is 2.16 bits per heavy atom. The predicted molar refractivity (Wildman–Crippen MR) is 66.7 cm³/mol. The molecule has 0 radical (unpaired) electrons.